The SMILES string of the molecule is COCCOCCOCCO[Si](OCCOCCOCCOC)(OCCOCCOCCOC)OCCOCCOCCOC. The van der Waals surface area contributed by atoms with Crippen LogP contribution in [-0.2, 0) is 74.5 Å². The Balaban J connectivity index is 4.84. The number of ether oxygens (including phenoxy) is 12. The van der Waals surface area contributed by atoms with Gasteiger partial charge in [-0.1, -0.05) is 0 Å². The molecule has 0 aromatic carbocycles. The summed E-state index contributed by atoms with van der Waals surface area (Å²) < 4.78 is 88.4. The van der Waals surface area contributed by atoms with Crippen molar-refractivity contribution in [2.45, 2.75) is 0 Å². The fourth-order valence-electron chi connectivity index (χ4n) is 3.01. The summed E-state index contributed by atoms with van der Waals surface area (Å²) in [6, 6.07) is 0. The van der Waals surface area contributed by atoms with Crippen molar-refractivity contribution in [2.24, 2.45) is 0 Å². The molecule has 0 fully saturated rings. The third-order valence-electron chi connectivity index (χ3n) is 5.24. The predicted molar refractivity (Wildman–Crippen MR) is 164 cm³/mol. The van der Waals surface area contributed by atoms with E-state index in [1.165, 1.54) is 0 Å². The lowest BCUT2D eigenvalue weighted by atomic mass is 10.7. The Labute approximate surface area is 270 Å². The maximum absolute atomic E-state index is 6.09. The third-order valence-corrected chi connectivity index (χ3v) is 7.47. The number of methoxy groups -OCH3 is 4. The van der Waals surface area contributed by atoms with Crippen molar-refractivity contribution >= 4 is 9.05 Å². The largest absolute Gasteiger partial charge is 0.680 e. The van der Waals surface area contributed by atoms with Crippen molar-refractivity contribution < 1.29 is 74.5 Å². The molecule has 0 unspecified atom stereocenters. The second kappa shape index (κ2) is 38.0. The molecule has 0 aliphatic rings. The molecule has 0 radical (unpaired) electrons. The summed E-state index contributed by atoms with van der Waals surface area (Å²) >= 11 is 0. The lowest BCUT2D eigenvalue weighted by molar-refractivity contribution is -0.0750. The van der Waals surface area contributed by atoms with Crippen molar-refractivity contribution in [3.05, 3.63) is 0 Å². The highest BCUT2D eigenvalue weighted by atomic mass is 28.4. The van der Waals surface area contributed by atoms with Crippen LogP contribution in [0, 0.1) is 0 Å². The van der Waals surface area contributed by atoms with E-state index in [0.29, 0.717) is 132 Å². The summed E-state index contributed by atoms with van der Waals surface area (Å²) in [7, 11) is 2.85. The van der Waals surface area contributed by atoms with Gasteiger partial charge in [-0.15, -0.1) is 0 Å². The van der Waals surface area contributed by atoms with Gasteiger partial charge in [0.15, 0.2) is 0 Å². The van der Waals surface area contributed by atoms with Crippen molar-refractivity contribution in [3.63, 3.8) is 0 Å². The van der Waals surface area contributed by atoms with Crippen molar-refractivity contribution in [1.82, 2.24) is 0 Å². The molecule has 0 aliphatic carbocycles. The van der Waals surface area contributed by atoms with E-state index in [2.05, 4.69) is 0 Å². The van der Waals surface area contributed by atoms with Crippen LogP contribution in [-0.4, -0.2) is 196 Å². The Hall–Kier alpha value is -0.423. The second-order valence-corrected chi connectivity index (χ2v) is 10.9. The zero-order chi connectivity index (χ0) is 32.8. The van der Waals surface area contributed by atoms with E-state index < -0.39 is 9.05 Å². The van der Waals surface area contributed by atoms with Crippen LogP contribution < -0.4 is 0 Å². The van der Waals surface area contributed by atoms with Gasteiger partial charge in [-0.2, -0.15) is 0 Å². The Morgan fingerprint density at radius 2 is 0.378 bits per heavy atom. The van der Waals surface area contributed by atoms with Crippen LogP contribution in [0.5, 0.6) is 0 Å². The van der Waals surface area contributed by atoms with Gasteiger partial charge in [-0.3, -0.25) is 0 Å². The van der Waals surface area contributed by atoms with Crippen LogP contribution in [0.3, 0.4) is 0 Å². The number of rotatable bonds is 40. The maximum Gasteiger partial charge on any atom is 0.680 e. The molecule has 0 spiro atoms. The molecule has 0 aromatic rings. The molecule has 0 bridgehead atoms. The molecule has 0 aliphatic heterocycles. The van der Waals surface area contributed by atoms with Gasteiger partial charge in [0.1, 0.15) is 0 Å². The molecule has 0 N–H and O–H groups in total. The molecule has 0 saturated carbocycles. The number of hydrogen-bond donors (Lipinski definition) is 0. The van der Waals surface area contributed by atoms with E-state index in [-0.39, 0.29) is 26.4 Å². The average Bonchev–Trinajstić information content (AvgIpc) is 3.05. The van der Waals surface area contributed by atoms with E-state index in [1.54, 1.807) is 28.4 Å². The molecule has 0 rings (SSSR count). The molecular formula is C28H60O16Si. The first-order valence-electron chi connectivity index (χ1n) is 15.4. The predicted octanol–water partition coefficient (Wildman–Crippen LogP) is 0.207. The lowest BCUT2D eigenvalue weighted by Crippen LogP contribution is -2.51. The highest BCUT2D eigenvalue weighted by Crippen LogP contribution is 2.13. The zero-order valence-corrected chi connectivity index (χ0v) is 29.0. The van der Waals surface area contributed by atoms with Gasteiger partial charge < -0.3 is 74.5 Å². The first-order valence-corrected chi connectivity index (χ1v) is 17.0. The van der Waals surface area contributed by atoms with E-state index >= 15 is 0 Å². The maximum atomic E-state index is 6.09. The molecule has 0 amide bonds. The van der Waals surface area contributed by atoms with Crippen molar-refractivity contribution in [1.29, 1.82) is 0 Å². The first kappa shape index (κ1) is 44.6. The van der Waals surface area contributed by atoms with Crippen LogP contribution >= 0.6 is 0 Å². The average molecular weight is 681 g/mol. The summed E-state index contributed by atoms with van der Waals surface area (Å²) in [5, 5.41) is 0. The minimum atomic E-state index is -3.65. The molecule has 0 heterocycles. The summed E-state index contributed by atoms with van der Waals surface area (Å²) in [5.74, 6) is 0. The monoisotopic (exact) mass is 680 g/mol. The highest BCUT2D eigenvalue weighted by Gasteiger charge is 2.46. The normalized spacial score (nSPS) is 12.0. The molecule has 0 saturated heterocycles. The Kier molecular flexibility index (Phi) is 37.7. The number of hydrogen-bond acceptors (Lipinski definition) is 16. The molecule has 17 heteroatoms. The van der Waals surface area contributed by atoms with E-state index in [4.69, 9.17) is 74.5 Å². The van der Waals surface area contributed by atoms with Gasteiger partial charge in [0.05, 0.1) is 159 Å². The molecule has 272 valence electrons. The first-order chi connectivity index (χ1) is 22.2. The van der Waals surface area contributed by atoms with Crippen LogP contribution in [0.2, 0.25) is 0 Å². The van der Waals surface area contributed by atoms with Crippen molar-refractivity contribution in [2.75, 3.05) is 187 Å². The third kappa shape index (κ3) is 33.3. The molecule has 45 heavy (non-hydrogen) atoms. The summed E-state index contributed by atoms with van der Waals surface area (Å²) in [4.78, 5) is 0. The summed E-state index contributed by atoms with van der Waals surface area (Å²) in [5.41, 5.74) is 0. The Bertz CT molecular complexity index is 461. The zero-order valence-electron chi connectivity index (χ0n) is 28.0. The van der Waals surface area contributed by atoms with Gasteiger partial charge in [0.25, 0.3) is 0 Å². The lowest BCUT2D eigenvalue weighted by Gasteiger charge is -2.28. The van der Waals surface area contributed by atoms with Gasteiger partial charge in [-0.25, -0.2) is 0 Å². The van der Waals surface area contributed by atoms with Crippen LogP contribution in [0.15, 0.2) is 0 Å². The minimum Gasteiger partial charge on any atom is -0.382 e. The van der Waals surface area contributed by atoms with E-state index in [0.717, 1.165) is 0 Å². The minimum absolute atomic E-state index is 0.181. The molecule has 16 nitrogen and oxygen atoms in total. The smallest absolute Gasteiger partial charge is 0.382 e. The summed E-state index contributed by atoms with van der Waals surface area (Å²) in [6.07, 6.45) is 0. The molecule has 0 atom stereocenters. The Morgan fingerprint density at radius 1 is 0.222 bits per heavy atom. The van der Waals surface area contributed by atoms with Gasteiger partial charge in [0.2, 0.25) is 0 Å². The van der Waals surface area contributed by atoms with Gasteiger partial charge >= 0.3 is 9.05 Å². The van der Waals surface area contributed by atoms with Gasteiger partial charge in [-0.05, 0) is 0 Å². The van der Waals surface area contributed by atoms with E-state index in [9.17, 15) is 0 Å². The van der Waals surface area contributed by atoms with Crippen LogP contribution in [0.25, 0.3) is 0 Å². The van der Waals surface area contributed by atoms with Gasteiger partial charge in [0, 0.05) is 28.4 Å². The van der Waals surface area contributed by atoms with Crippen molar-refractivity contribution in [3.8, 4) is 0 Å². The molecular weight excluding hydrogens is 620 g/mol. The quantitative estimate of drug-likeness (QED) is 0.0641. The summed E-state index contributed by atoms with van der Waals surface area (Å²) in [6.45, 7) is 9.45. The highest BCUT2D eigenvalue weighted by molar-refractivity contribution is 6.53. The topological polar surface area (TPSA) is 148 Å². The second-order valence-electron chi connectivity index (χ2n) is 8.76. The Morgan fingerprint density at radius 3 is 0.556 bits per heavy atom. The fourth-order valence-corrected chi connectivity index (χ4v) is 4.84. The van der Waals surface area contributed by atoms with E-state index in [1.807, 2.05) is 0 Å². The molecule has 0 aromatic heterocycles. The van der Waals surface area contributed by atoms with Crippen LogP contribution in [0.4, 0.5) is 0 Å². The standard InChI is InChI=1S/C28H60O16Si/c1-29-5-9-33-13-17-37-21-25-41-45(42-26-22-38-18-14-34-10-6-30-2,43-27-23-39-19-15-35-11-7-31-3)44-28-24-40-20-16-36-12-8-32-4/h5-28H2,1-4H3. The fraction of sp³-hybridized carbons (Fsp3) is 1.00. The van der Waals surface area contributed by atoms with Crippen LogP contribution in [0.1, 0.15) is 0 Å².